The highest BCUT2D eigenvalue weighted by Crippen LogP contribution is 2.33. The maximum atomic E-state index is 12.5. The van der Waals surface area contributed by atoms with Gasteiger partial charge in [0.15, 0.2) is 11.5 Å². The van der Waals surface area contributed by atoms with E-state index in [1.807, 2.05) is 51.1 Å². The molecule has 164 valence electrons. The molecule has 0 saturated heterocycles. The number of benzene rings is 2. The maximum Gasteiger partial charge on any atom is 0.244 e. The van der Waals surface area contributed by atoms with Gasteiger partial charge in [-0.05, 0) is 62.1 Å². The third-order valence-corrected chi connectivity index (χ3v) is 5.10. The molecule has 0 aliphatic carbocycles. The summed E-state index contributed by atoms with van der Waals surface area (Å²) in [5.74, 6) is 1.92. The van der Waals surface area contributed by atoms with E-state index in [2.05, 4.69) is 5.32 Å². The Balaban J connectivity index is 1.69. The summed E-state index contributed by atoms with van der Waals surface area (Å²) in [6.07, 6.45) is 4.02. The van der Waals surface area contributed by atoms with Crippen LogP contribution in [0.15, 0.2) is 47.1 Å². The Morgan fingerprint density at radius 2 is 1.87 bits per heavy atom. The van der Waals surface area contributed by atoms with E-state index in [4.69, 9.17) is 18.6 Å². The summed E-state index contributed by atoms with van der Waals surface area (Å²) in [5.41, 5.74) is 4.59. The molecule has 1 N–H and O–H groups in total. The third-order valence-electron chi connectivity index (χ3n) is 5.10. The van der Waals surface area contributed by atoms with Crippen molar-refractivity contribution in [2.24, 2.45) is 0 Å². The zero-order valence-electron chi connectivity index (χ0n) is 18.7. The van der Waals surface area contributed by atoms with E-state index in [1.54, 1.807) is 26.6 Å². The van der Waals surface area contributed by atoms with Gasteiger partial charge in [0.25, 0.3) is 0 Å². The lowest BCUT2D eigenvalue weighted by atomic mass is 10.0. The SMILES string of the molecule is CCOc1cc2occ(C)c2cc1/C(C)=C/C(=O)NCCc1ccc(OC)c(OC)c1. The fraction of sp³-hybridized carbons (Fsp3) is 0.320. The van der Waals surface area contributed by atoms with Crippen LogP contribution in [0.25, 0.3) is 16.5 Å². The van der Waals surface area contributed by atoms with Crippen LogP contribution in [0, 0.1) is 6.92 Å². The lowest BCUT2D eigenvalue weighted by Crippen LogP contribution is -2.23. The van der Waals surface area contributed by atoms with E-state index in [0.29, 0.717) is 36.8 Å². The van der Waals surface area contributed by atoms with Crippen LogP contribution in [0.5, 0.6) is 17.2 Å². The number of allylic oxidation sites excluding steroid dienone is 1. The van der Waals surface area contributed by atoms with Crippen molar-refractivity contribution in [3.05, 3.63) is 59.4 Å². The van der Waals surface area contributed by atoms with Crippen LogP contribution in [0.4, 0.5) is 0 Å². The number of rotatable bonds is 9. The van der Waals surface area contributed by atoms with E-state index in [0.717, 1.165) is 33.2 Å². The predicted molar refractivity (Wildman–Crippen MR) is 122 cm³/mol. The molecule has 0 fully saturated rings. The van der Waals surface area contributed by atoms with Gasteiger partial charge in [-0.15, -0.1) is 0 Å². The number of methoxy groups -OCH3 is 2. The van der Waals surface area contributed by atoms with Gasteiger partial charge in [-0.2, -0.15) is 0 Å². The summed E-state index contributed by atoms with van der Waals surface area (Å²) >= 11 is 0. The Hall–Kier alpha value is -3.41. The number of aryl methyl sites for hydroxylation is 1. The summed E-state index contributed by atoms with van der Waals surface area (Å²) in [6.45, 7) is 6.88. The van der Waals surface area contributed by atoms with Crippen molar-refractivity contribution in [3.63, 3.8) is 0 Å². The second-order valence-electron chi connectivity index (χ2n) is 7.25. The first kappa shape index (κ1) is 22.3. The van der Waals surface area contributed by atoms with E-state index in [-0.39, 0.29) is 5.91 Å². The molecular formula is C25H29NO5. The summed E-state index contributed by atoms with van der Waals surface area (Å²) in [6, 6.07) is 9.65. The van der Waals surface area contributed by atoms with Gasteiger partial charge in [-0.25, -0.2) is 0 Å². The lowest BCUT2D eigenvalue weighted by Gasteiger charge is -2.12. The van der Waals surface area contributed by atoms with E-state index < -0.39 is 0 Å². The molecule has 2 aromatic carbocycles. The van der Waals surface area contributed by atoms with Crippen LogP contribution >= 0.6 is 0 Å². The average molecular weight is 424 g/mol. The van der Waals surface area contributed by atoms with Crippen molar-refractivity contribution in [2.45, 2.75) is 27.2 Å². The first-order valence-corrected chi connectivity index (χ1v) is 10.3. The van der Waals surface area contributed by atoms with Crippen LogP contribution in [-0.4, -0.2) is 33.3 Å². The molecular weight excluding hydrogens is 394 g/mol. The van der Waals surface area contributed by atoms with Crippen LogP contribution < -0.4 is 19.5 Å². The largest absolute Gasteiger partial charge is 0.493 e. The van der Waals surface area contributed by atoms with E-state index in [1.165, 1.54) is 0 Å². The second-order valence-corrected chi connectivity index (χ2v) is 7.25. The number of nitrogens with one attached hydrogen (secondary N) is 1. The van der Waals surface area contributed by atoms with Crippen molar-refractivity contribution in [3.8, 4) is 17.2 Å². The highest BCUT2D eigenvalue weighted by molar-refractivity contribution is 5.97. The van der Waals surface area contributed by atoms with Crippen LogP contribution in [0.3, 0.4) is 0 Å². The Bertz CT molecular complexity index is 1100. The normalized spacial score (nSPS) is 11.5. The number of ether oxygens (including phenoxy) is 3. The fourth-order valence-corrected chi connectivity index (χ4v) is 3.46. The molecule has 0 spiro atoms. The molecule has 0 saturated carbocycles. The third kappa shape index (κ3) is 5.20. The molecule has 0 aliphatic rings. The summed E-state index contributed by atoms with van der Waals surface area (Å²) in [5, 5.41) is 3.96. The van der Waals surface area contributed by atoms with Gasteiger partial charge < -0.3 is 23.9 Å². The number of furan rings is 1. The molecule has 0 unspecified atom stereocenters. The van der Waals surface area contributed by atoms with Gasteiger partial charge in [-0.3, -0.25) is 4.79 Å². The van der Waals surface area contributed by atoms with Crippen molar-refractivity contribution < 1.29 is 23.4 Å². The number of hydrogen-bond acceptors (Lipinski definition) is 5. The van der Waals surface area contributed by atoms with Crippen molar-refractivity contribution in [1.82, 2.24) is 5.32 Å². The molecule has 0 radical (unpaired) electrons. The Morgan fingerprint density at radius 1 is 1.10 bits per heavy atom. The van der Waals surface area contributed by atoms with Crippen molar-refractivity contribution in [1.29, 1.82) is 0 Å². The summed E-state index contributed by atoms with van der Waals surface area (Å²) in [7, 11) is 3.21. The first-order valence-electron chi connectivity index (χ1n) is 10.3. The van der Waals surface area contributed by atoms with Gasteiger partial charge >= 0.3 is 0 Å². The standard InChI is InChI=1S/C25H29NO5/c1-6-30-22-14-23-20(17(3)15-31-23)13-19(22)16(2)11-25(27)26-10-9-18-7-8-21(28-4)24(12-18)29-5/h7-8,11-15H,6,9-10H2,1-5H3,(H,26,27)/b16-11+. The number of carbonyl (C=O) groups excluding carboxylic acids is 1. The lowest BCUT2D eigenvalue weighted by molar-refractivity contribution is -0.116. The summed E-state index contributed by atoms with van der Waals surface area (Å²) in [4.78, 5) is 12.5. The predicted octanol–water partition coefficient (Wildman–Crippen LogP) is 4.92. The maximum absolute atomic E-state index is 12.5. The van der Waals surface area contributed by atoms with Crippen LogP contribution in [0.1, 0.15) is 30.5 Å². The minimum Gasteiger partial charge on any atom is -0.493 e. The average Bonchev–Trinajstić information content (AvgIpc) is 3.12. The zero-order chi connectivity index (χ0) is 22.4. The van der Waals surface area contributed by atoms with E-state index >= 15 is 0 Å². The van der Waals surface area contributed by atoms with Crippen LogP contribution in [-0.2, 0) is 11.2 Å². The Morgan fingerprint density at radius 3 is 2.58 bits per heavy atom. The Kier molecular flexibility index (Phi) is 7.23. The highest BCUT2D eigenvalue weighted by Gasteiger charge is 2.13. The molecule has 31 heavy (non-hydrogen) atoms. The van der Waals surface area contributed by atoms with Gasteiger partial charge in [0.1, 0.15) is 11.3 Å². The number of hydrogen-bond donors (Lipinski definition) is 1. The highest BCUT2D eigenvalue weighted by atomic mass is 16.5. The van der Waals surface area contributed by atoms with Crippen molar-refractivity contribution >= 4 is 22.4 Å². The smallest absolute Gasteiger partial charge is 0.244 e. The number of amides is 1. The topological polar surface area (TPSA) is 69.9 Å². The van der Waals surface area contributed by atoms with E-state index in [9.17, 15) is 4.79 Å². The molecule has 0 atom stereocenters. The first-order chi connectivity index (χ1) is 15.0. The number of carbonyl (C=O) groups is 1. The molecule has 3 rings (SSSR count). The van der Waals surface area contributed by atoms with Gasteiger partial charge in [0.2, 0.25) is 5.91 Å². The summed E-state index contributed by atoms with van der Waals surface area (Å²) < 4.78 is 22.0. The molecule has 6 nitrogen and oxygen atoms in total. The minimum absolute atomic E-state index is 0.149. The molecule has 1 amide bonds. The molecule has 1 aromatic heterocycles. The molecule has 3 aromatic rings. The fourth-order valence-electron chi connectivity index (χ4n) is 3.46. The molecule has 0 aliphatic heterocycles. The Labute approximate surface area is 182 Å². The molecule has 6 heteroatoms. The molecule has 1 heterocycles. The second kappa shape index (κ2) is 10.1. The monoisotopic (exact) mass is 423 g/mol. The minimum atomic E-state index is -0.149. The van der Waals surface area contributed by atoms with Crippen molar-refractivity contribution in [2.75, 3.05) is 27.4 Å². The zero-order valence-corrected chi connectivity index (χ0v) is 18.7. The van der Waals surface area contributed by atoms with Gasteiger partial charge in [0.05, 0.1) is 27.1 Å². The quantitative estimate of drug-likeness (QED) is 0.495. The number of fused-ring (bicyclic) bond motifs is 1. The molecule has 0 bridgehead atoms. The van der Waals surface area contributed by atoms with Gasteiger partial charge in [0, 0.05) is 29.6 Å². The van der Waals surface area contributed by atoms with Gasteiger partial charge in [-0.1, -0.05) is 6.07 Å². The van der Waals surface area contributed by atoms with Crippen LogP contribution in [0.2, 0.25) is 0 Å².